The third-order valence-electron chi connectivity index (χ3n) is 3.94. The highest BCUT2D eigenvalue weighted by molar-refractivity contribution is 5.94. The van der Waals surface area contributed by atoms with Gasteiger partial charge in [0.2, 0.25) is 5.91 Å². The number of ether oxygens (including phenoxy) is 2. The molecule has 4 heteroatoms. The molecule has 0 aliphatic heterocycles. The van der Waals surface area contributed by atoms with Gasteiger partial charge in [0.05, 0.1) is 6.61 Å². The number of nitrogens with one attached hydrogen (secondary N) is 1. The molecule has 1 fully saturated rings. The highest BCUT2D eigenvalue weighted by Crippen LogP contribution is 2.38. The second-order valence-corrected chi connectivity index (χ2v) is 5.84. The van der Waals surface area contributed by atoms with Crippen LogP contribution in [-0.4, -0.2) is 12.5 Å². The van der Waals surface area contributed by atoms with Gasteiger partial charge in [-0.25, -0.2) is 0 Å². The molecule has 1 aliphatic rings. The first-order valence-corrected chi connectivity index (χ1v) is 7.97. The van der Waals surface area contributed by atoms with E-state index in [1.165, 1.54) is 0 Å². The van der Waals surface area contributed by atoms with Crippen LogP contribution >= 0.6 is 0 Å². The van der Waals surface area contributed by atoms with Gasteiger partial charge >= 0.3 is 0 Å². The van der Waals surface area contributed by atoms with Crippen molar-refractivity contribution in [1.82, 2.24) is 0 Å². The molecule has 0 aromatic heterocycles. The molecular formula is C19H21NO3. The van der Waals surface area contributed by atoms with Gasteiger partial charge in [-0.1, -0.05) is 6.92 Å². The van der Waals surface area contributed by atoms with Gasteiger partial charge < -0.3 is 14.8 Å². The maximum Gasteiger partial charge on any atom is 0.227 e. The summed E-state index contributed by atoms with van der Waals surface area (Å²) in [6.07, 6.45) is 0.991. The Bertz CT molecular complexity index is 664. The first-order chi connectivity index (χ1) is 11.2. The number of carbonyl (C=O) groups excluding carboxylic acids is 1. The van der Waals surface area contributed by atoms with Crippen molar-refractivity contribution in [2.45, 2.75) is 20.3 Å². The number of amides is 1. The number of benzene rings is 2. The van der Waals surface area contributed by atoms with Crippen LogP contribution in [0.15, 0.2) is 48.5 Å². The van der Waals surface area contributed by atoms with Crippen molar-refractivity contribution < 1.29 is 14.3 Å². The number of anilines is 1. The summed E-state index contributed by atoms with van der Waals surface area (Å²) in [7, 11) is 0. The Labute approximate surface area is 136 Å². The van der Waals surface area contributed by atoms with Crippen molar-refractivity contribution >= 4 is 11.6 Å². The zero-order valence-electron chi connectivity index (χ0n) is 13.4. The molecule has 1 N–H and O–H groups in total. The van der Waals surface area contributed by atoms with E-state index in [1.807, 2.05) is 55.5 Å². The second-order valence-electron chi connectivity index (χ2n) is 5.84. The van der Waals surface area contributed by atoms with Crippen LogP contribution in [0.5, 0.6) is 17.2 Å². The Morgan fingerprint density at radius 3 is 2.09 bits per heavy atom. The lowest BCUT2D eigenvalue weighted by atomic mass is 10.2. The molecule has 2 aromatic rings. The van der Waals surface area contributed by atoms with Crippen LogP contribution in [0.2, 0.25) is 0 Å². The predicted octanol–water partition coefficient (Wildman–Crippen LogP) is 4.47. The van der Waals surface area contributed by atoms with Gasteiger partial charge in [0, 0.05) is 11.6 Å². The van der Waals surface area contributed by atoms with E-state index in [2.05, 4.69) is 12.2 Å². The number of hydrogen-bond acceptors (Lipinski definition) is 3. The maximum atomic E-state index is 11.9. The minimum absolute atomic E-state index is 0.109. The molecular weight excluding hydrogens is 290 g/mol. The third-order valence-corrected chi connectivity index (χ3v) is 3.94. The van der Waals surface area contributed by atoms with Crippen molar-refractivity contribution in [2.75, 3.05) is 11.9 Å². The SMILES string of the molecule is CCOc1ccc(Oc2ccc(NC(=O)C3CC3C)cc2)cc1. The van der Waals surface area contributed by atoms with E-state index in [1.54, 1.807) is 0 Å². The van der Waals surface area contributed by atoms with Crippen molar-refractivity contribution in [1.29, 1.82) is 0 Å². The molecule has 120 valence electrons. The third kappa shape index (κ3) is 4.03. The topological polar surface area (TPSA) is 47.6 Å². The quantitative estimate of drug-likeness (QED) is 0.856. The molecule has 23 heavy (non-hydrogen) atoms. The Hall–Kier alpha value is -2.49. The Balaban J connectivity index is 1.57. The zero-order chi connectivity index (χ0) is 16.2. The number of rotatable bonds is 6. The largest absolute Gasteiger partial charge is 0.494 e. The zero-order valence-corrected chi connectivity index (χ0v) is 13.4. The first kappa shape index (κ1) is 15.4. The normalized spacial score (nSPS) is 19.0. The summed E-state index contributed by atoms with van der Waals surface area (Å²) >= 11 is 0. The van der Waals surface area contributed by atoms with Crippen LogP contribution in [0.3, 0.4) is 0 Å². The fourth-order valence-corrected chi connectivity index (χ4v) is 2.44. The fraction of sp³-hybridized carbons (Fsp3) is 0.316. The number of carbonyl (C=O) groups is 1. The summed E-state index contributed by atoms with van der Waals surface area (Å²) in [5.74, 6) is 3.10. The lowest BCUT2D eigenvalue weighted by molar-refractivity contribution is -0.117. The molecule has 0 heterocycles. The van der Waals surface area contributed by atoms with Crippen LogP contribution in [0.1, 0.15) is 20.3 Å². The summed E-state index contributed by atoms with van der Waals surface area (Å²) in [6, 6.07) is 14.9. The molecule has 1 amide bonds. The smallest absolute Gasteiger partial charge is 0.227 e. The van der Waals surface area contributed by atoms with Gasteiger partial charge in [-0.3, -0.25) is 4.79 Å². The average Bonchev–Trinajstić information content (AvgIpc) is 3.28. The van der Waals surface area contributed by atoms with Gasteiger partial charge in [-0.2, -0.15) is 0 Å². The van der Waals surface area contributed by atoms with Gasteiger partial charge in [-0.05, 0) is 67.8 Å². The Morgan fingerprint density at radius 2 is 1.57 bits per heavy atom. The molecule has 1 aliphatic carbocycles. The van der Waals surface area contributed by atoms with Gasteiger partial charge in [0.1, 0.15) is 17.2 Å². The molecule has 4 nitrogen and oxygen atoms in total. The van der Waals surface area contributed by atoms with Crippen LogP contribution in [0.25, 0.3) is 0 Å². The molecule has 2 unspecified atom stereocenters. The van der Waals surface area contributed by atoms with E-state index in [0.717, 1.165) is 29.4 Å². The van der Waals surface area contributed by atoms with Crippen molar-refractivity contribution in [3.05, 3.63) is 48.5 Å². The predicted molar refractivity (Wildman–Crippen MR) is 90.0 cm³/mol. The monoisotopic (exact) mass is 311 g/mol. The summed E-state index contributed by atoms with van der Waals surface area (Å²) in [5.41, 5.74) is 0.799. The molecule has 0 saturated heterocycles. The first-order valence-electron chi connectivity index (χ1n) is 7.97. The van der Waals surface area contributed by atoms with Gasteiger partial charge in [-0.15, -0.1) is 0 Å². The highest BCUT2D eigenvalue weighted by Gasteiger charge is 2.38. The lowest BCUT2D eigenvalue weighted by Gasteiger charge is -2.09. The summed E-state index contributed by atoms with van der Waals surface area (Å²) in [6.45, 7) is 4.69. The molecule has 0 spiro atoms. The van der Waals surface area contributed by atoms with Crippen LogP contribution in [-0.2, 0) is 4.79 Å². The van der Waals surface area contributed by atoms with Crippen molar-refractivity contribution in [2.24, 2.45) is 11.8 Å². The highest BCUT2D eigenvalue weighted by atomic mass is 16.5. The Kier molecular flexibility index (Phi) is 4.51. The van der Waals surface area contributed by atoms with Crippen molar-refractivity contribution in [3.8, 4) is 17.2 Å². The second kappa shape index (κ2) is 6.73. The average molecular weight is 311 g/mol. The minimum Gasteiger partial charge on any atom is -0.494 e. The van der Waals surface area contributed by atoms with E-state index in [4.69, 9.17) is 9.47 Å². The van der Waals surface area contributed by atoms with E-state index in [-0.39, 0.29) is 11.8 Å². The summed E-state index contributed by atoms with van der Waals surface area (Å²) in [4.78, 5) is 11.9. The minimum atomic E-state index is 0.109. The van der Waals surface area contributed by atoms with Crippen LogP contribution in [0.4, 0.5) is 5.69 Å². The maximum absolute atomic E-state index is 11.9. The lowest BCUT2D eigenvalue weighted by Crippen LogP contribution is -2.14. The Morgan fingerprint density at radius 1 is 1.04 bits per heavy atom. The molecule has 1 saturated carbocycles. The molecule has 2 aromatic carbocycles. The standard InChI is InChI=1S/C19H21NO3/c1-3-22-15-8-10-17(11-9-15)23-16-6-4-14(5-7-16)20-19(21)18-12-13(18)2/h4-11,13,18H,3,12H2,1-2H3,(H,20,21). The van der Waals surface area contributed by atoms with Crippen LogP contribution < -0.4 is 14.8 Å². The van der Waals surface area contributed by atoms with E-state index in [0.29, 0.717) is 12.5 Å². The van der Waals surface area contributed by atoms with Gasteiger partial charge in [0.25, 0.3) is 0 Å². The number of hydrogen-bond donors (Lipinski definition) is 1. The molecule has 0 radical (unpaired) electrons. The summed E-state index contributed by atoms with van der Waals surface area (Å²) < 4.78 is 11.2. The van der Waals surface area contributed by atoms with E-state index >= 15 is 0 Å². The molecule has 0 bridgehead atoms. The molecule has 2 atom stereocenters. The van der Waals surface area contributed by atoms with Crippen molar-refractivity contribution in [3.63, 3.8) is 0 Å². The van der Waals surface area contributed by atoms with E-state index in [9.17, 15) is 4.79 Å². The van der Waals surface area contributed by atoms with Gasteiger partial charge in [0.15, 0.2) is 0 Å². The fourth-order valence-electron chi connectivity index (χ4n) is 2.44. The summed E-state index contributed by atoms with van der Waals surface area (Å²) in [5, 5.41) is 2.94. The van der Waals surface area contributed by atoms with E-state index < -0.39 is 0 Å². The molecule has 3 rings (SSSR count). The van der Waals surface area contributed by atoms with Crippen LogP contribution in [0, 0.1) is 11.8 Å².